The Balaban J connectivity index is 1.60. The molecule has 0 aliphatic carbocycles. The largest absolute Gasteiger partial charge is 0.352 e. The molecule has 1 aromatic carbocycles. The van der Waals surface area contributed by atoms with Gasteiger partial charge in [-0.05, 0) is 30.2 Å². The van der Waals surface area contributed by atoms with Crippen LogP contribution in [0.5, 0.6) is 0 Å². The lowest BCUT2D eigenvalue weighted by Gasteiger charge is -2.17. The molecule has 0 spiro atoms. The first-order chi connectivity index (χ1) is 15.2. The van der Waals surface area contributed by atoms with Crippen molar-refractivity contribution in [2.75, 3.05) is 13.1 Å². The van der Waals surface area contributed by atoms with Crippen LogP contribution in [0, 0.1) is 11.8 Å². The van der Waals surface area contributed by atoms with Crippen molar-refractivity contribution in [3.63, 3.8) is 0 Å². The molecule has 2 aromatic heterocycles. The van der Waals surface area contributed by atoms with Crippen molar-refractivity contribution in [1.29, 1.82) is 0 Å². The number of pyridine rings is 1. The fourth-order valence-corrected chi connectivity index (χ4v) is 3.81. The van der Waals surface area contributed by atoms with Gasteiger partial charge >= 0.3 is 0 Å². The van der Waals surface area contributed by atoms with E-state index in [9.17, 15) is 27.2 Å². The molecular formula is C21H19F4N5O2. The van der Waals surface area contributed by atoms with E-state index < -0.39 is 23.8 Å². The molecule has 168 valence electrons. The number of hydrogen-bond donors (Lipinski definition) is 1. The second kappa shape index (κ2) is 8.56. The molecule has 7 nitrogen and oxygen atoms in total. The standard InChI is InChI=1S/C21H19F4N5O2/c1-11(31)27-14-4-5-29(9-14)18(32)10-30-17-7-13(8-26-19(17)21(25)28-30)12-2-3-16(22)15(6-12)20(23)24/h2-3,6-8,14,20H,4-5,9-10H2,1H3,(H,27,31)/t14-/m0/s1. The quantitative estimate of drug-likeness (QED) is 0.608. The monoisotopic (exact) mass is 449 g/mol. The lowest BCUT2D eigenvalue weighted by molar-refractivity contribution is -0.131. The number of carbonyl (C=O) groups excluding carboxylic acids is 2. The van der Waals surface area contributed by atoms with Crippen LogP contribution in [0.1, 0.15) is 25.3 Å². The first kappa shape index (κ1) is 21.7. The van der Waals surface area contributed by atoms with Gasteiger partial charge in [-0.15, -0.1) is 5.10 Å². The molecule has 0 radical (unpaired) electrons. The number of halogens is 4. The number of rotatable bonds is 5. The van der Waals surface area contributed by atoms with Gasteiger partial charge in [0.1, 0.15) is 17.9 Å². The summed E-state index contributed by atoms with van der Waals surface area (Å²) in [5, 5.41) is 6.51. The van der Waals surface area contributed by atoms with Crippen molar-refractivity contribution in [2.45, 2.75) is 32.4 Å². The Morgan fingerprint density at radius 1 is 1.22 bits per heavy atom. The van der Waals surface area contributed by atoms with Crippen LogP contribution in [-0.4, -0.2) is 50.6 Å². The number of nitrogens with one attached hydrogen (secondary N) is 1. The van der Waals surface area contributed by atoms with Gasteiger partial charge in [0.25, 0.3) is 12.4 Å². The summed E-state index contributed by atoms with van der Waals surface area (Å²) in [5.74, 6) is -2.39. The number of carbonyl (C=O) groups is 2. The molecule has 4 rings (SSSR count). The highest BCUT2D eigenvalue weighted by molar-refractivity contribution is 5.83. The summed E-state index contributed by atoms with van der Waals surface area (Å²) in [6.45, 7) is 1.93. The predicted octanol–water partition coefficient (Wildman–Crippen LogP) is 3.05. The third kappa shape index (κ3) is 4.27. The van der Waals surface area contributed by atoms with Crippen molar-refractivity contribution in [2.24, 2.45) is 0 Å². The number of alkyl halides is 2. The molecule has 0 saturated carbocycles. The van der Waals surface area contributed by atoms with E-state index in [1.165, 1.54) is 25.3 Å². The Morgan fingerprint density at radius 3 is 2.72 bits per heavy atom. The minimum absolute atomic E-state index is 0.0738. The third-order valence-electron chi connectivity index (χ3n) is 5.35. The van der Waals surface area contributed by atoms with E-state index in [4.69, 9.17) is 0 Å². The summed E-state index contributed by atoms with van der Waals surface area (Å²) >= 11 is 0. The summed E-state index contributed by atoms with van der Waals surface area (Å²) in [5.41, 5.74) is -0.00226. The number of nitrogens with zero attached hydrogens (tertiary/aromatic N) is 4. The molecule has 1 saturated heterocycles. The number of benzene rings is 1. The molecule has 0 unspecified atom stereocenters. The Morgan fingerprint density at radius 2 is 2.00 bits per heavy atom. The number of aromatic nitrogens is 3. The van der Waals surface area contributed by atoms with Crippen molar-refractivity contribution < 1.29 is 27.2 Å². The van der Waals surface area contributed by atoms with Crippen LogP contribution in [0.2, 0.25) is 0 Å². The second-order valence-electron chi connectivity index (χ2n) is 7.60. The van der Waals surface area contributed by atoms with Gasteiger partial charge in [0.15, 0.2) is 0 Å². The Labute approximate surface area is 180 Å². The zero-order valence-corrected chi connectivity index (χ0v) is 17.0. The van der Waals surface area contributed by atoms with Crippen molar-refractivity contribution in [1.82, 2.24) is 25.0 Å². The lowest BCUT2D eigenvalue weighted by Crippen LogP contribution is -2.38. The fraction of sp³-hybridized carbons (Fsp3) is 0.333. The van der Waals surface area contributed by atoms with E-state index in [0.717, 1.165) is 16.8 Å². The van der Waals surface area contributed by atoms with Gasteiger partial charge in [-0.2, -0.15) is 4.39 Å². The molecule has 3 aromatic rings. The minimum Gasteiger partial charge on any atom is -0.352 e. The molecule has 3 heterocycles. The summed E-state index contributed by atoms with van der Waals surface area (Å²) in [6.07, 6.45) is -1.10. The van der Waals surface area contributed by atoms with E-state index in [1.807, 2.05) is 0 Å². The SMILES string of the molecule is CC(=O)N[C@H]1CCN(C(=O)Cn2nc(F)c3ncc(-c4ccc(F)c(C(F)F)c4)cc32)C1. The maximum Gasteiger partial charge on any atom is 0.266 e. The Kier molecular flexibility index (Phi) is 5.81. The summed E-state index contributed by atoms with van der Waals surface area (Å²) in [4.78, 5) is 29.5. The molecule has 1 atom stereocenters. The van der Waals surface area contributed by atoms with Crippen LogP contribution < -0.4 is 5.32 Å². The molecule has 1 aliphatic rings. The van der Waals surface area contributed by atoms with Gasteiger partial charge in [-0.3, -0.25) is 14.3 Å². The van der Waals surface area contributed by atoms with E-state index >= 15 is 0 Å². The zero-order chi connectivity index (χ0) is 23.0. The van der Waals surface area contributed by atoms with Gasteiger partial charge in [-0.25, -0.2) is 18.2 Å². The van der Waals surface area contributed by atoms with Gasteiger partial charge in [0.05, 0.1) is 11.1 Å². The number of likely N-dealkylation sites (tertiary alicyclic amines) is 1. The second-order valence-corrected chi connectivity index (χ2v) is 7.60. The zero-order valence-electron chi connectivity index (χ0n) is 17.0. The van der Waals surface area contributed by atoms with Crippen molar-refractivity contribution >= 4 is 22.8 Å². The van der Waals surface area contributed by atoms with Crippen LogP contribution >= 0.6 is 0 Å². The van der Waals surface area contributed by atoms with E-state index in [1.54, 1.807) is 4.90 Å². The highest BCUT2D eigenvalue weighted by Crippen LogP contribution is 2.29. The van der Waals surface area contributed by atoms with E-state index in [0.29, 0.717) is 25.1 Å². The van der Waals surface area contributed by atoms with Gasteiger partial charge in [-0.1, -0.05) is 6.07 Å². The molecule has 0 bridgehead atoms. The average molecular weight is 449 g/mol. The van der Waals surface area contributed by atoms with Crippen LogP contribution in [0.3, 0.4) is 0 Å². The molecule has 11 heteroatoms. The Bertz CT molecular complexity index is 1200. The van der Waals surface area contributed by atoms with Crippen LogP contribution in [0.25, 0.3) is 22.2 Å². The van der Waals surface area contributed by atoms with Crippen molar-refractivity contribution in [3.8, 4) is 11.1 Å². The molecular weight excluding hydrogens is 430 g/mol. The molecule has 1 fully saturated rings. The minimum atomic E-state index is -2.99. The van der Waals surface area contributed by atoms with Gasteiger partial charge in [0.2, 0.25) is 11.8 Å². The maximum atomic E-state index is 14.3. The molecule has 32 heavy (non-hydrogen) atoms. The number of fused-ring (bicyclic) bond motifs is 1. The van der Waals surface area contributed by atoms with Crippen LogP contribution in [0.15, 0.2) is 30.5 Å². The summed E-state index contributed by atoms with van der Waals surface area (Å²) in [7, 11) is 0. The molecule has 1 aliphatic heterocycles. The predicted molar refractivity (Wildman–Crippen MR) is 107 cm³/mol. The first-order valence-electron chi connectivity index (χ1n) is 9.88. The number of amides is 2. The van der Waals surface area contributed by atoms with Gasteiger partial charge < -0.3 is 10.2 Å². The molecule has 1 N–H and O–H groups in total. The normalized spacial score (nSPS) is 16.2. The fourth-order valence-electron chi connectivity index (χ4n) is 3.81. The van der Waals surface area contributed by atoms with Crippen LogP contribution in [-0.2, 0) is 16.1 Å². The summed E-state index contributed by atoms with van der Waals surface area (Å²) in [6, 6.07) is 4.59. The highest BCUT2D eigenvalue weighted by Gasteiger charge is 2.27. The maximum absolute atomic E-state index is 14.3. The number of hydrogen-bond acceptors (Lipinski definition) is 4. The van der Waals surface area contributed by atoms with Crippen molar-refractivity contribution in [3.05, 3.63) is 47.8 Å². The molecule has 2 amide bonds. The van der Waals surface area contributed by atoms with E-state index in [2.05, 4.69) is 15.4 Å². The Hall–Kier alpha value is -3.50. The topological polar surface area (TPSA) is 80.1 Å². The third-order valence-corrected chi connectivity index (χ3v) is 5.35. The highest BCUT2D eigenvalue weighted by atomic mass is 19.3. The first-order valence-corrected chi connectivity index (χ1v) is 9.88. The average Bonchev–Trinajstić information content (AvgIpc) is 3.32. The van der Waals surface area contributed by atoms with Gasteiger partial charge in [0, 0.05) is 37.8 Å². The smallest absolute Gasteiger partial charge is 0.266 e. The van der Waals surface area contributed by atoms with E-state index in [-0.39, 0.29) is 41.0 Å². The summed E-state index contributed by atoms with van der Waals surface area (Å²) < 4.78 is 55.2. The van der Waals surface area contributed by atoms with Crippen LogP contribution in [0.4, 0.5) is 17.6 Å². The lowest BCUT2D eigenvalue weighted by atomic mass is 10.0.